The molecule has 1 aliphatic carbocycles. The molecule has 1 aromatic carbocycles. The van der Waals surface area contributed by atoms with Gasteiger partial charge in [0.15, 0.2) is 0 Å². The highest BCUT2D eigenvalue weighted by Crippen LogP contribution is 2.44. The molecule has 172 valence electrons. The topological polar surface area (TPSA) is 99.0 Å². The first-order valence-electron chi connectivity index (χ1n) is 11.1. The number of amides is 2. The molecule has 3 N–H and O–H groups in total. The minimum Gasteiger partial charge on any atom is -0.375 e. The standard InChI is InChI=1S/C23H30ClN5O3/c1-15(14-30)11-27-12-17(13-27)28-4-6-29(7-5-28)22(31)10-26-21-9-18(16-2-3-16)20(24)8-19(21)23(25)32/h8-9,14,16-17,26H,1-7,10-13H2,(H2,25,32). The predicted molar refractivity (Wildman–Crippen MR) is 124 cm³/mol. The number of nitrogens with two attached hydrogens (primary N) is 1. The summed E-state index contributed by atoms with van der Waals surface area (Å²) in [6.45, 7) is 9.34. The average Bonchev–Trinajstić information content (AvgIpc) is 3.59. The van der Waals surface area contributed by atoms with Crippen molar-refractivity contribution in [1.29, 1.82) is 0 Å². The molecule has 0 radical (unpaired) electrons. The molecule has 3 aliphatic rings. The van der Waals surface area contributed by atoms with Crippen LogP contribution in [0, 0.1) is 0 Å². The van der Waals surface area contributed by atoms with E-state index in [9.17, 15) is 14.4 Å². The molecule has 0 unspecified atom stereocenters. The molecule has 8 nitrogen and oxygen atoms in total. The van der Waals surface area contributed by atoms with Crippen molar-refractivity contribution in [3.63, 3.8) is 0 Å². The second kappa shape index (κ2) is 9.60. The van der Waals surface area contributed by atoms with Gasteiger partial charge in [-0.05, 0) is 42.0 Å². The number of hydrogen-bond donors (Lipinski definition) is 2. The number of benzene rings is 1. The largest absolute Gasteiger partial charge is 0.375 e. The van der Waals surface area contributed by atoms with Crippen molar-refractivity contribution in [2.75, 3.05) is 57.7 Å². The van der Waals surface area contributed by atoms with E-state index in [0.717, 1.165) is 50.9 Å². The molecule has 0 atom stereocenters. The smallest absolute Gasteiger partial charge is 0.250 e. The fourth-order valence-electron chi connectivity index (χ4n) is 4.49. The Labute approximate surface area is 193 Å². The average molecular weight is 460 g/mol. The molecule has 9 heteroatoms. The lowest BCUT2D eigenvalue weighted by molar-refractivity contribution is -0.132. The van der Waals surface area contributed by atoms with Crippen LogP contribution in [0.3, 0.4) is 0 Å². The van der Waals surface area contributed by atoms with E-state index in [1.807, 2.05) is 11.0 Å². The number of nitrogens with one attached hydrogen (secondary N) is 1. The number of anilines is 1. The summed E-state index contributed by atoms with van der Waals surface area (Å²) in [5.74, 6) is -0.141. The molecule has 32 heavy (non-hydrogen) atoms. The van der Waals surface area contributed by atoms with Crippen LogP contribution in [-0.4, -0.2) is 91.2 Å². The first kappa shape index (κ1) is 22.8. The third-order valence-electron chi connectivity index (χ3n) is 6.56. The molecule has 3 fully saturated rings. The van der Waals surface area contributed by atoms with E-state index in [4.69, 9.17) is 17.3 Å². The summed E-state index contributed by atoms with van der Waals surface area (Å²) in [4.78, 5) is 41.8. The number of carbonyl (C=O) groups is 3. The van der Waals surface area contributed by atoms with Crippen LogP contribution in [0.2, 0.25) is 5.02 Å². The highest BCUT2D eigenvalue weighted by atomic mass is 35.5. The number of hydrogen-bond acceptors (Lipinski definition) is 6. The van der Waals surface area contributed by atoms with Crippen LogP contribution in [0.1, 0.15) is 34.7 Å². The quantitative estimate of drug-likeness (QED) is 0.426. The number of carbonyl (C=O) groups excluding carboxylic acids is 3. The SMILES string of the molecule is C=C(C=O)CN1CC(N2CCN(C(=O)CNc3cc(C4CC4)c(Cl)cc3C(N)=O)CC2)C1. The summed E-state index contributed by atoms with van der Waals surface area (Å²) in [6, 6.07) is 3.94. The molecule has 2 saturated heterocycles. The normalized spacial score (nSPS) is 20.0. The highest BCUT2D eigenvalue weighted by Gasteiger charge is 2.34. The molecular weight excluding hydrogens is 430 g/mol. The van der Waals surface area contributed by atoms with E-state index >= 15 is 0 Å². The van der Waals surface area contributed by atoms with Crippen LogP contribution in [-0.2, 0) is 9.59 Å². The van der Waals surface area contributed by atoms with Crippen molar-refractivity contribution >= 4 is 35.4 Å². The third-order valence-corrected chi connectivity index (χ3v) is 6.89. The highest BCUT2D eigenvalue weighted by molar-refractivity contribution is 6.32. The second-order valence-corrected chi connectivity index (χ2v) is 9.36. The molecule has 2 amide bonds. The lowest BCUT2D eigenvalue weighted by Crippen LogP contribution is -2.63. The van der Waals surface area contributed by atoms with Gasteiger partial charge in [0, 0.05) is 62.6 Å². The number of rotatable bonds is 9. The summed E-state index contributed by atoms with van der Waals surface area (Å²) in [6.07, 6.45) is 2.99. The Morgan fingerprint density at radius 2 is 1.88 bits per heavy atom. The monoisotopic (exact) mass is 459 g/mol. The van der Waals surface area contributed by atoms with E-state index in [0.29, 0.717) is 53.4 Å². The van der Waals surface area contributed by atoms with E-state index in [2.05, 4.69) is 21.7 Å². The van der Waals surface area contributed by atoms with Crippen LogP contribution in [0.4, 0.5) is 5.69 Å². The van der Waals surface area contributed by atoms with Gasteiger partial charge in [0.2, 0.25) is 5.91 Å². The lowest BCUT2D eigenvalue weighted by atomic mass is 10.0. The number of piperazine rings is 1. The van der Waals surface area contributed by atoms with E-state index in [1.165, 1.54) is 0 Å². The minimum atomic E-state index is -0.566. The first-order valence-corrected chi connectivity index (χ1v) is 11.5. The third kappa shape index (κ3) is 5.14. The van der Waals surface area contributed by atoms with Gasteiger partial charge in [-0.25, -0.2) is 0 Å². The van der Waals surface area contributed by atoms with E-state index < -0.39 is 5.91 Å². The van der Waals surface area contributed by atoms with Gasteiger partial charge >= 0.3 is 0 Å². The number of likely N-dealkylation sites (tertiary alicyclic amines) is 1. The summed E-state index contributed by atoms with van der Waals surface area (Å²) < 4.78 is 0. The summed E-state index contributed by atoms with van der Waals surface area (Å²) in [5, 5.41) is 3.68. The number of halogens is 1. The molecule has 4 rings (SSSR count). The van der Waals surface area contributed by atoms with Crippen molar-refractivity contribution in [2.24, 2.45) is 5.73 Å². The van der Waals surface area contributed by atoms with Crippen molar-refractivity contribution in [3.8, 4) is 0 Å². The molecule has 1 aromatic rings. The Kier molecular flexibility index (Phi) is 6.83. The molecule has 1 saturated carbocycles. The van der Waals surface area contributed by atoms with Crippen LogP contribution in [0.5, 0.6) is 0 Å². The maximum Gasteiger partial charge on any atom is 0.250 e. The van der Waals surface area contributed by atoms with Crippen LogP contribution >= 0.6 is 11.6 Å². The molecule has 2 aliphatic heterocycles. The van der Waals surface area contributed by atoms with Crippen LogP contribution in [0.15, 0.2) is 24.3 Å². The Balaban J connectivity index is 1.26. The zero-order chi connectivity index (χ0) is 22.8. The summed E-state index contributed by atoms with van der Waals surface area (Å²) >= 11 is 6.32. The van der Waals surface area contributed by atoms with Crippen molar-refractivity contribution in [2.45, 2.75) is 24.8 Å². The van der Waals surface area contributed by atoms with Crippen molar-refractivity contribution < 1.29 is 14.4 Å². The van der Waals surface area contributed by atoms with Gasteiger partial charge in [-0.1, -0.05) is 18.2 Å². The molecule has 0 bridgehead atoms. The van der Waals surface area contributed by atoms with Gasteiger partial charge in [-0.3, -0.25) is 24.2 Å². The molecule has 2 heterocycles. The van der Waals surface area contributed by atoms with Gasteiger partial charge in [0.1, 0.15) is 6.29 Å². The fraction of sp³-hybridized carbons (Fsp3) is 0.522. The van der Waals surface area contributed by atoms with Gasteiger partial charge in [0.05, 0.1) is 12.1 Å². The fourth-order valence-corrected chi connectivity index (χ4v) is 4.81. The van der Waals surface area contributed by atoms with Crippen molar-refractivity contribution in [3.05, 3.63) is 40.4 Å². The van der Waals surface area contributed by atoms with Gasteiger partial charge in [0.25, 0.3) is 5.91 Å². The summed E-state index contributed by atoms with van der Waals surface area (Å²) in [5.41, 5.74) is 8.01. The van der Waals surface area contributed by atoms with Crippen molar-refractivity contribution in [1.82, 2.24) is 14.7 Å². The lowest BCUT2D eigenvalue weighted by Gasteiger charge is -2.48. The Morgan fingerprint density at radius 1 is 1.19 bits per heavy atom. The van der Waals surface area contributed by atoms with E-state index in [-0.39, 0.29) is 12.5 Å². The molecular formula is C23H30ClN5O3. The van der Waals surface area contributed by atoms with Gasteiger partial charge in [-0.2, -0.15) is 0 Å². The second-order valence-electron chi connectivity index (χ2n) is 8.95. The Morgan fingerprint density at radius 3 is 2.47 bits per heavy atom. The maximum atomic E-state index is 12.8. The molecule has 0 spiro atoms. The maximum absolute atomic E-state index is 12.8. The zero-order valence-electron chi connectivity index (χ0n) is 18.2. The van der Waals surface area contributed by atoms with Gasteiger partial charge < -0.3 is 16.0 Å². The Bertz CT molecular complexity index is 918. The van der Waals surface area contributed by atoms with Crippen LogP contribution < -0.4 is 11.1 Å². The van der Waals surface area contributed by atoms with Gasteiger partial charge in [-0.15, -0.1) is 0 Å². The first-order chi connectivity index (χ1) is 15.4. The van der Waals surface area contributed by atoms with E-state index in [1.54, 1.807) is 6.07 Å². The Hall–Kier alpha value is -2.42. The summed E-state index contributed by atoms with van der Waals surface area (Å²) in [7, 11) is 0. The minimum absolute atomic E-state index is 0.000473. The predicted octanol–water partition coefficient (Wildman–Crippen LogP) is 1.31. The zero-order valence-corrected chi connectivity index (χ0v) is 18.9. The number of aldehydes is 1. The number of nitrogens with zero attached hydrogens (tertiary/aromatic N) is 3. The number of primary amides is 1. The van der Waals surface area contributed by atoms with Crippen LogP contribution in [0.25, 0.3) is 0 Å². The molecule has 0 aromatic heterocycles.